The Morgan fingerprint density at radius 1 is 1.00 bits per heavy atom. The molecule has 8 heteroatoms. The zero-order valence-electron chi connectivity index (χ0n) is 17.5. The van der Waals surface area contributed by atoms with E-state index in [4.69, 9.17) is 4.74 Å². The Hall–Kier alpha value is -4.20. The third kappa shape index (κ3) is 4.02. The number of benzodiazepines with no additional fused rings is 1. The number of para-hydroxylation sites is 3. The Bertz CT molecular complexity index is 1210. The number of halogens is 1. The summed E-state index contributed by atoms with van der Waals surface area (Å²) in [6, 6.07) is 19.5. The van der Waals surface area contributed by atoms with Crippen LogP contribution in [0.4, 0.5) is 20.6 Å². The van der Waals surface area contributed by atoms with E-state index in [0.717, 1.165) is 0 Å². The average molecular weight is 432 g/mol. The van der Waals surface area contributed by atoms with Crippen molar-refractivity contribution < 1.29 is 18.7 Å². The molecule has 1 aliphatic heterocycles. The van der Waals surface area contributed by atoms with Gasteiger partial charge in [0, 0.05) is 18.2 Å². The summed E-state index contributed by atoms with van der Waals surface area (Å²) >= 11 is 0. The molecular weight excluding hydrogens is 411 g/mol. The van der Waals surface area contributed by atoms with Crippen LogP contribution in [0.25, 0.3) is 0 Å². The number of methoxy groups -OCH3 is 1. The van der Waals surface area contributed by atoms with Crippen LogP contribution in [0.3, 0.4) is 0 Å². The first-order chi connectivity index (χ1) is 15.5. The number of anilines is 2. The minimum absolute atomic E-state index is 0.236. The van der Waals surface area contributed by atoms with Gasteiger partial charge >= 0.3 is 6.03 Å². The first-order valence-electron chi connectivity index (χ1n) is 9.90. The molecule has 1 atom stereocenters. The van der Waals surface area contributed by atoms with Gasteiger partial charge in [-0.2, -0.15) is 0 Å². The summed E-state index contributed by atoms with van der Waals surface area (Å²) in [5.41, 5.74) is 2.10. The van der Waals surface area contributed by atoms with E-state index in [9.17, 15) is 14.0 Å². The van der Waals surface area contributed by atoms with E-state index in [1.54, 1.807) is 73.8 Å². The van der Waals surface area contributed by atoms with Crippen LogP contribution in [0.1, 0.15) is 11.1 Å². The van der Waals surface area contributed by atoms with Crippen LogP contribution in [-0.2, 0) is 4.79 Å². The summed E-state index contributed by atoms with van der Waals surface area (Å²) in [5, 5.41) is 5.25. The Morgan fingerprint density at radius 3 is 2.41 bits per heavy atom. The van der Waals surface area contributed by atoms with E-state index in [0.29, 0.717) is 22.7 Å². The molecule has 2 N–H and O–H groups in total. The second kappa shape index (κ2) is 8.89. The Kier molecular flexibility index (Phi) is 5.85. The molecule has 7 nitrogen and oxygen atoms in total. The quantitative estimate of drug-likeness (QED) is 0.658. The molecule has 0 bridgehead atoms. The number of benzene rings is 3. The predicted octanol–water partition coefficient (Wildman–Crippen LogP) is 3.80. The summed E-state index contributed by atoms with van der Waals surface area (Å²) in [6.07, 6.45) is -1.27. The Balaban J connectivity index is 1.72. The molecule has 3 aromatic carbocycles. The second-order valence-corrected chi connectivity index (χ2v) is 7.07. The highest BCUT2D eigenvalue weighted by atomic mass is 19.1. The van der Waals surface area contributed by atoms with E-state index >= 15 is 0 Å². The molecule has 32 heavy (non-hydrogen) atoms. The van der Waals surface area contributed by atoms with E-state index in [2.05, 4.69) is 15.6 Å². The number of urea groups is 1. The highest BCUT2D eigenvalue weighted by Crippen LogP contribution is 2.28. The van der Waals surface area contributed by atoms with Crippen molar-refractivity contribution in [2.24, 2.45) is 4.99 Å². The SMILES string of the molecule is COc1ccccc1NC(=O)NC1N=C(c2ccccc2F)c2ccccc2N(C)C1=O. The van der Waals surface area contributed by atoms with Crippen LogP contribution in [0.2, 0.25) is 0 Å². The lowest BCUT2D eigenvalue weighted by molar-refractivity contribution is -0.119. The average Bonchev–Trinajstić information content (AvgIpc) is 2.90. The minimum atomic E-state index is -1.27. The standard InChI is InChI=1S/C24H21FN4O3/c1-29-19-13-7-4-10-16(19)21(15-9-3-5-11-17(15)25)27-22(23(29)30)28-24(31)26-18-12-6-8-14-20(18)32-2/h3-14,22H,1-2H3,(H2,26,28,31). The van der Waals surface area contributed by atoms with Gasteiger partial charge in [-0.15, -0.1) is 0 Å². The summed E-state index contributed by atoms with van der Waals surface area (Å²) in [5.74, 6) is -0.468. The van der Waals surface area contributed by atoms with E-state index in [-0.39, 0.29) is 11.3 Å². The molecule has 162 valence electrons. The maximum atomic E-state index is 14.7. The zero-order valence-corrected chi connectivity index (χ0v) is 17.5. The first kappa shape index (κ1) is 21.0. The van der Waals surface area contributed by atoms with Crippen molar-refractivity contribution in [2.75, 3.05) is 24.4 Å². The molecule has 0 spiro atoms. The number of carbonyl (C=O) groups excluding carboxylic acids is 2. The molecule has 4 rings (SSSR count). The predicted molar refractivity (Wildman–Crippen MR) is 121 cm³/mol. The number of nitrogens with zero attached hydrogens (tertiary/aromatic N) is 2. The number of fused-ring (bicyclic) bond motifs is 1. The Labute approximate surface area is 184 Å². The lowest BCUT2D eigenvalue weighted by atomic mass is 10.00. The molecule has 0 aliphatic carbocycles. The summed E-state index contributed by atoms with van der Waals surface area (Å²) in [7, 11) is 3.08. The van der Waals surface area contributed by atoms with Gasteiger partial charge in [0.15, 0.2) is 0 Å². The van der Waals surface area contributed by atoms with Crippen LogP contribution in [-0.4, -0.2) is 38.0 Å². The number of likely N-dealkylation sites (N-methyl/N-ethyl adjacent to an activating group) is 1. The number of hydrogen-bond acceptors (Lipinski definition) is 4. The van der Waals surface area contributed by atoms with Crippen molar-refractivity contribution in [2.45, 2.75) is 6.17 Å². The smallest absolute Gasteiger partial charge is 0.321 e. The van der Waals surface area contributed by atoms with Crippen molar-refractivity contribution in [1.82, 2.24) is 5.32 Å². The van der Waals surface area contributed by atoms with Crippen LogP contribution >= 0.6 is 0 Å². The van der Waals surface area contributed by atoms with Gasteiger partial charge in [-0.25, -0.2) is 14.2 Å². The van der Waals surface area contributed by atoms with Crippen LogP contribution in [0.15, 0.2) is 77.8 Å². The van der Waals surface area contributed by atoms with Gasteiger partial charge in [-0.1, -0.05) is 42.5 Å². The second-order valence-electron chi connectivity index (χ2n) is 7.07. The van der Waals surface area contributed by atoms with Crippen molar-refractivity contribution in [1.29, 1.82) is 0 Å². The van der Waals surface area contributed by atoms with Crippen molar-refractivity contribution in [3.8, 4) is 5.75 Å². The van der Waals surface area contributed by atoms with Gasteiger partial charge in [0.2, 0.25) is 6.17 Å². The topological polar surface area (TPSA) is 83.0 Å². The Morgan fingerprint density at radius 2 is 1.66 bits per heavy atom. The fourth-order valence-corrected chi connectivity index (χ4v) is 3.51. The van der Waals surface area contributed by atoms with Crippen LogP contribution in [0, 0.1) is 5.82 Å². The fraction of sp³-hybridized carbons (Fsp3) is 0.125. The fourth-order valence-electron chi connectivity index (χ4n) is 3.51. The summed E-state index contributed by atoms with van der Waals surface area (Å²) < 4.78 is 19.9. The van der Waals surface area contributed by atoms with Gasteiger partial charge < -0.3 is 20.3 Å². The molecule has 0 fully saturated rings. The van der Waals surface area contributed by atoms with Gasteiger partial charge in [0.05, 0.1) is 24.2 Å². The monoisotopic (exact) mass is 432 g/mol. The largest absolute Gasteiger partial charge is 0.495 e. The number of hydrogen-bond donors (Lipinski definition) is 2. The van der Waals surface area contributed by atoms with Crippen LogP contribution < -0.4 is 20.3 Å². The van der Waals surface area contributed by atoms with E-state index in [1.165, 1.54) is 18.1 Å². The number of amides is 3. The molecule has 0 saturated carbocycles. The minimum Gasteiger partial charge on any atom is -0.495 e. The molecule has 3 aromatic rings. The third-order valence-electron chi connectivity index (χ3n) is 5.10. The maximum Gasteiger partial charge on any atom is 0.321 e. The zero-order chi connectivity index (χ0) is 22.7. The van der Waals surface area contributed by atoms with E-state index in [1.807, 2.05) is 0 Å². The van der Waals surface area contributed by atoms with Gasteiger partial charge in [0.1, 0.15) is 11.6 Å². The summed E-state index contributed by atoms with van der Waals surface area (Å²) in [6.45, 7) is 0. The number of carbonyl (C=O) groups is 2. The molecule has 1 aliphatic rings. The highest BCUT2D eigenvalue weighted by molar-refractivity contribution is 6.20. The molecule has 0 radical (unpaired) electrons. The lowest BCUT2D eigenvalue weighted by Crippen LogP contribution is -2.47. The normalized spacial score (nSPS) is 15.3. The summed E-state index contributed by atoms with van der Waals surface area (Å²) in [4.78, 5) is 31.7. The molecule has 0 aromatic heterocycles. The third-order valence-corrected chi connectivity index (χ3v) is 5.10. The van der Waals surface area contributed by atoms with E-state index < -0.39 is 23.9 Å². The van der Waals surface area contributed by atoms with Gasteiger partial charge in [0.25, 0.3) is 5.91 Å². The molecule has 1 heterocycles. The molecular formula is C24H21FN4O3. The lowest BCUT2D eigenvalue weighted by Gasteiger charge is -2.21. The molecule has 1 unspecified atom stereocenters. The van der Waals surface area contributed by atoms with Gasteiger partial charge in [-0.3, -0.25) is 4.79 Å². The van der Waals surface area contributed by atoms with Crippen LogP contribution in [0.5, 0.6) is 5.75 Å². The molecule has 3 amide bonds. The molecule has 0 saturated heterocycles. The van der Waals surface area contributed by atoms with Crippen molar-refractivity contribution in [3.63, 3.8) is 0 Å². The number of aliphatic imine (C=N–C) groups is 1. The van der Waals surface area contributed by atoms with Gasteiger partial charge in [-0.05, 0) is 30.3 Å². The van der Waals surface area contributed by atoms with Crippen molar-refractivity contribution in [3.05, 3.63) is 89.7 Å². The highest BCUT2D eigenvalue weighted by Gasteiger charge is 2.31. The number of ether oxygens (including phenoxy) is 1. The number of rotatable bonds is 4. The first-order valence-corrected chi connectivity index (χ1v) is 9.90. The number of nitrogens with one attached hydrogen (secondary N) is 2. The van der Waals surface area contributed by atoms with Crippen molar-refractivity contribution >= 4 is 29.0 Å². The maximum absolute atomic E-state index is 14.7.